The van der Waals surface area contributed by atoms with E-state index in [2.05, 4.69) is 0 Å². The van der Waals surface area contributed by atoms with Gasteiger partial charge >= 0.3 is 0 Å². The Kier molecular flexibility index (Phi) is 5.47. The normalized spacial score (nSPS) is 11.5. The molecule has 0 unspecified atom stereocenters. The van der Waals surface area contributed by atoms with Crippen molar-refractivity contribution < 1.29 is 14.6 Å². The molecule has 0 radical (unpaired) electrons. The summed E-state index contributed by atoms with van der Waals surface area (Å²) in [6.45, 7) is 0. The lowest BCUT2D eigenvalue weighted by Crippen LogP contribution is -2.12. The quantitative estimate of drug-likeness (QED) is 0.911. The molecule has 0 fully saturated rings. The minimum atomic E-state index is -0.411. The molecule has 0 aliphatic carbocycles. The smallest absolute Gasteiger partial charge is 0.131 e. The Bertz CT molecular complexity index is 531. The molecule has 1 aromatic carbocycles. The van der Waals surface area contributed by atoms with Gasteiger partial charge in [0.2, 0.25) is 0 Å². The summed E-state index contributed by atoms with van der Waals surface area (Å²) in [5, 5.41) is 12.0. The number of nitrogens with two attached hydrogens (primary N) is 1. The van der Waals surface area contributed by atoms with Gasteiger partial charge in [-0.25, -0.2) is 0 Å². The van der Waals surface area contributed by atoms with Gasteiger partial charge in [0, 0.05) is 17.0 Å². The zero-order valence-electron chi connectivity index (χ0n) is 10.6. The van der Waals surface area contributed by atoms with Gasteiger partial charge in [0.05, 0.1) is 25.8 Å². The van der Waals surface area contributed by atoms with E-state index in [1.165, 1.54) is 13.2 Å². The van der Waals surface area contributed by atoms with E-state index >= 15 is 0 Å². The van der Waals surface area contributed by atoms with Crippen LogP contribution in [0.4, 0.5) is 0 Å². The molecule has 3 N–H and O–H groups in total. The average molecular weight is 302 g/mol. The second-order valence-corrected chi connectivity index (χ2v) is 4.73. The first-order valence-corrected chi connectivity index (χ1v) is 6.29. The number of phenols is 1. The number of phenolic OH excluding ortho intramolecular Hbond substituents is 1. The molecule has 0 spiro atoms. The van der Waals surface area contributed by atoms with E-state index in [0.717, 1.165) is 4.88 Å². The topological polar surface area (TPSA) is 64.7 Å². The van der Waals surface area contributed by atoms with Gasteiger partial charge in [-0.2, -0.15) is 0 Å². The van der Waals surface area contributed by atoms with Gasteiger partial charge in [0.15, 0.2) is 0 Å². The summed E-state index contributed by atoms with van der Waals surface area (Å²) in [6, 6.07) is 6.69. The molecule has 1 heterocycles. The molecule has 2 aromatic rings. The van der Waals surface area contributed by atoms with Crippen molar-refractivity contribution in [2.24, 2.45) is 5.73 Å². The van der Waals surface area contributed by atoms with Gasteiger partial charge in [-0.15, -0.1) is 23.7 Å². The molecule has 0 aliphatic heterocycles. The molecule has 0 saturated heterocycles. The Morgan fingerprint density at radius 1 is 1.26 bits per heavy atom. The molecule has 6 heteroatoms. The number of aromatic hydroxyl groups is 1. The number of methoxy groups -OCH3 is 2. The maximum absolute atomic E-state index is 10.1. The Balaban J connectivity index is 0.00000180. The van der Waals surface area contributed by atoms with Crippen molar-refractivity contribution in [2.75, 3.05) is 14.2 Å². The molecule has 4 nitrogen and oxygen atoms in total. The van der Waals surface area contributed by atoms with Crippen LogP contribution in [0.15, 0.2) is 29.6 Å². The zero-order chi connectivity index (χ0) is 13.1. The van der Waals surface area contributed by atoms with E-state index < -0.39 is 6.04 Å². The van der Waals surface area contributed by atoms with Crippen molar-refractivity contribution in [3.63, 3.8) is 0 Å². The van der Waals surface area contributed by atoms with Crippen LogP contribution in [-0.2, 0) is 0 Å². The lowest BCUT2D eigenvalue weighted by Gasteiger charge is -2.17. The van der Waals surface area contributed by atoms with Crippen molar-refractivity contribution in [1.82, 2.24) is 0 Å². The summed E-state index contributed by atoms with van der Waals surface area (Å²) in [5.74, 6) is 1.13. The summed E-state index contributed by atoms with van der Waals surface area (Å²) in [7, 11) is 3.08. The minimum Gasteiger partial charge on any atom is -0.507 e. The zero-order valence-corrected chi connectivity index (χ0v) is 12.3. The van der Waals surface area contributed by atoms with E-state index in [9.17, 15) is 5.11 Å². The van der Waals surface area contributed by atoms with Crippen molar-refractivity contribution >= 4 is 23.7 Å². The van der Waals surface area contributed by atoms with E-state index in [1.807, 2.05) is 17.5 Å². The van der Waals surface area contributed by atoms with Gasteiger partial charge < -0.3 is 20.3 Å². The molecular weight excluding hydrogens is 286 g/mol. The first-order chi connectivity index (χ1) is 8.67. The number of benzene rings is 1. The maximum Gasteiger partial charge on any atom is 0.131 e. The van der Waals surface area contributed by atoms with E-state index in [-0.39, 0.29) is 18.2 Å². The maximum atomic E-state index is 10.1. The average Bonchev–Trinajstić information content (AvgIpc) is 2.90. The highest BCUT2D eigenvalue weighted by Crippen LogP contribution is 2.39. The monoisotopic (exact) mass is 301 g/mol. The summed E-state index contributed by atoms with van der Waals surface area (Å²) in [6.07, 6.45) is 0. The van der Waals surface area contributed by atoms with E-state index in [0.29, 0.717) is 17.1 Å². The number of rotatable bonds is 4. The minimum absolute atomic E-state index is 0. The SMILES string of the molecule is COc1cc(O)c([C@@H](N)c2cccs2)c(OC)c1.Cl. The molecule has 2 rings (SSSR count). The molecule has 1 aromatic heterocycles. The van der Waals surface area contributed by atoms with E-state index in [1.54, 1.807) is 24.5 Å². The van der Waals surface area contributed by atoms with Crippen LogP contribution in [0.25, 0.3) is 0 Å². The predicted molar refractivity (Wildman–Crippen MR) is 78.8 cm³/mol. The van der Waals surface area contributed by atoms with Crippen LogP contribution >= 0.6 is 23.7 Å². The molecule has 104 valence electrons. The summed E-state index contributed by atoms with van der Waals surface area (Å²) in [4.78, 5) is 0.966. The molecule has 0 amide bonds. The van der Waals surface area contributed by atoms with Crippen LogP contribution in [0.1, 0.15) is 16.5 Å². The molecular formula is C13H16ClNO3S. The fourth-order valence-electron chi connectivity index (χ4n) is 1.80. The third-order valence-corrected chi connectivity index (χ3v) is 3.67. The highest BCUT2D eigenvalue weighted by Gasteiger charge is 2.20. The summed E-state index contributed by atoms with van der Waals surface area (Å²) >= 11 is 1.54. The van der Waals surface area contributed by atoms with E-state index in [4.69, 9.17) is 15.2 Å². The fourth-order valence-corrected chi connectivity index (χ4v) is 2.53. The fraction of sp³-hybridized carbons (Fsp3) is 0.231. The van der Waals surface area contributed by atoms with Gasteiger partial charge in [-0.05, 0) is 11.4 Å². The first-order valence-electron chi connectivity index (χ1n) is 5.41. The molecule has 0 aliphatic rings. The Hall–Kier alpha value is -1.43. The number of halogens is 1. The van der Waals surface area contributed by atoms with Gasteiger partial charge in [0.25, 0.3) is 0 Å². The molecule has 0 bridgehead atoms. The number of hydrogen-bond donors (Lipinski definition) is 2. The largest absolute Gasteiger partial charge is 0.507 e. The Morgan fingerprint density at radius 3 is 2.53 bits per heavy atom. The lowest BCUT2D eigenvalue weighted by molar-refractivity contribution is 0.377. The van der Waals surface area contributed by atoms with Crippen LogP contribution in [0.5, 0.6) is 17.2 Å². The van der Waals surface area contributed by atoms with Crippen molar-refractivity contribution in [3.8, 4) is 17.2 Å². The van der Waals surface area contributed by atoms with Crippen molar-refractivity contribution in [2.45, 2.75) is 6.04 Å². The highest BCUT2D eigenvalue weighted by atomic mass is 35.5. The summed E-state index contributed by atoms with van der Waals surface area (Å²) in [5.41, 5.74) is 6.73. The lowest BCUT2D eigenvalue weighted by atomic mass is 10.0. The van der Waals surface area contributed by atoms with Crippen molar-refractivity contribution in [3.05, 3.63) is 40.1 Å². The Morgan fingerprint density at radius 2 is 2.00 bits per heavy atom. The number of hydrogen-bond acceptors (Lipinski definition) is 5. The van der Waals surface area contributed by atoms with Crippen LogP contribution < -0.4 is 15.2 Å². The van der Waals surface area contributed by atoms with Gasteiger partial charge in [-0.1, -0.05) is 6.07 Å². The Labute approximate surface area is 122 Å². The van der Waals surface area contributed by atoms with Crippen molar-refractivity contribution in [1.29, 1.82) is 0 Å². The summed E-state index contributed by atoms with van der Waals surface area (Å²) < 4.78 is 10.4. The highest BCUT2D eigenvalue weighted by molar-refractivity contribution is 7.10. The predicted octanol–water partition coefficient (Wildman–Crippen LogP) is 2.94. The van der Waals surface area contributed by atoms with Crippen LogP contribution in [-0.4, -0.2) is 19.3 Å². The molecule has 1 atom stereocenters. The van der Waals surface area contributed by atoms with Gasteiger partial charge in [-0.3, -0.25) is 0 Å². The number of ether oxygens (including phenoxy) is 2. The third-order valence-electron chi connectivity index (χ3n) is 2.71. The third kappa shape index (κ3) is 3.12. The van der Waals surface area contributed by atoms with Gasteiger partial charge in [0.1, 0.15) is 17.2 Å². The van der Waals surface area contributed by atoms with Crippen LogP contribution in [0, 0.1) is 0 Å². The second-order valence-electron chi connectivity index (χ2n) is 3.76. The second kappa shape index (κ2) is 6.65. The first kappa shape index (κ1) is 15.6. The number of thiophene rings is 1. The molecule has 0 saturated carbocycles. The van der Waals surface area contributed by atoms with Crippen LogP contribution in [0.3, 0.4) is 0 Å². The standard InChI is InChI=1S/C13H15NO3S.ClH/c1-16-8-6-9(15)12(10(7-8)17-2)13(14)11-4-3-5-18-11;/h3-7,13,15H,14H2,1-2H3;1H/t13-;/m0./s1. The molecule has 19 heavy (non-hydrogen) atoms. The van der Waals surface area contributed by atoms with Crippen LogP contribution in [0.2, 0.25) is 0 Å².